The zero-order valence-corrected chi connectivity index (χ0v) is 23.1. The molecule has 1 aliphatic carbocycles. The van der Waals surface area contributed by atoms with Gasteiger partial charge in [0.25, 0.3) is 0 Å². The molecule has 5 atom stereocenters. The fraction of sp³-hybridized carbons (Fsp3) is 0.481. The van der Waals surface area contributed by atoms with Crippen LogP contribution in [-0.4, -0.2) is 48.0 Å². The molecule has 1 heterocycles. The van der Waals surface area contributed by atoms with Gasteiger partial charge in [-0.1, -0.05) is 54.4 Å². The number of piperidine rings is 1. The van der Waals surface area contributed by atoms with Gasteiger partial charge in [-0.3, -0.25) is 9.59 Å². The topological polar surface area (TPSA) is 104 Å². The number of sulfonamides is 1. The number of halogens is 2. The van der Waals surface area contributed by atoms with E-state index in [0.29, 0.717) is 35.7 Å². The summed E-state index contributed by atoms with van der Waals surface area (Å²) in [5.41, 5.74) is 1.75. The smallest absolute Gasteiger partial charge is 0.304 e. The second kappa shape index (κ2) is 11.3. The van der Waals surface area contributed by atoms with Crippen LogP contribution in [0.25, 0.3) is 0 Å². The molecule has 2 aromatic rings. The summed E-state index contributed by atoms with van der Waals surface area (Å²) in [6.45, 7) is 2.00. The van der Waals surface area contributed by atoms with Gasteiger partial charge in [0.15, 0.2) is 0 Å². The number of carboxylic acid groups (broad SMARTS) is 1. The first kappa shape index (κ1) is 27.9. The van der Waals surface area contributed by atoms with Crippen molar-refractivity contribution in [3.05, 3.63) is 69.7 Å². The van der Waals surface area contributed by atoms with Gasteiger partial charge >= 0.3 is 5.97 Å². The van der Waals surface area contributed by atoms with Crippen LogP contribution in [0.4, 0.5) is 0 Å². The summed E-state index contributed by atoms with van der Waals surface area (Å²) in [5.74, 6) is -2.29. The zero-order chi connectivity index (χ0) is 26.9. The lowest BCUT2D eigenvalue weighted by atomic mass is 9.73. The molecule has 2 fully saturated rings. The van der Waals surface area contributed by atoms with Gasteiger partial charge in [-0.2, -0.15) is 4.31 Å². The van der Waals surface area contributed by atoms with Crippen LogP contribution in [0.2, 0.25) is 10.0 Å². The molecular weight excluding hydrogens is 535 g/mol. The molecule has 2 N–H and O–H groups in total. The van der Waals surface area contributed by atoms with Crippen LogP contribution in [0.5, 0.6) is 0 Å². The Morgan fingerprint density at radius 3 is 2.41 bits per heavy atom. The molecule has 0 bridgehead atoms. The van der Waals surface area contributed by atoms with Crippen LogP contribution in [0, 0.1) is 11.8 Å². The monoisotopic (exact) mass is 566 g/mol. The lowest BCUT2D eigenvalue weighted by molar-refractivity contribution is -0.142. The predicted octanol–water partition coefficient (Wildman–Crippen LogP) is 5.25. The highest BCUT2D eigenvalue weighted by Gasteiger charge is 2.44. The number of benzene rings is 2. The van der Waals surface area contributed by atoms with Gasteiger partial charge < -0.3 is 10.4 Å². The summed E-state index contributed by atoms with van der Waals surface area (Å²) in [7, 11) is -1.85. The van der Waals surface area contributed by atoms with Crippen molar-refractivity contribution in [1.82, 2.24) is 9.62 Å². The maximum absolute atomic E-state index is 13.2. The van der Waals surface area contributed by atoms with Gasteiger partial charge in [0.05, 0.1) is 11.7 Å². The van der Waals surface area contributed by atoms with Gasteiger partial charge in [-0.15, -0.1) is 0 Å². The quantitative estimate of drug-likeness (QED) is 0.408. The Morgan fingerprint density at radius 1 is 1.14 bits per heavy atom. The molecule has 7 nitrogen and oxygen atoms in total. The van der Waals surface area contributed by atoms with Gasteiger partial charge in [-0.05, 0) is 67.0 Å². The molecule has 2 aromatic carbocycles. The third kappa shape index (κ3) is 6.48. The summed E-state index contributed by atoms with van der Waals surface area (Å²) in [4.78, 5) is 24.4. The van der Waals surface area contributed by atoms with E-state index in [9.17, 15) is 23.1 Å². The first-order valence-corrected chi connectivity index (χ1v) is 14.7. The highest BCUT2D eigenvalue weighted by Crippen LogP contribution is 2.42. The van der Waals surface area contributed by atoms with Crippen molar-refractivity contribution in [2.45, 2.75) is 62.3 Å². The molecule has 1 saturated heterocycles. The highest BCUT2D eigenvalue weighted by molar-refractivity contribution is 7.90. The average molecular weight is 568 g/mol. The minimum Gasteiger partial charge on any atom is -0.481 e. The Bertz CT molecular complexity index is 1250. The number of hydrogen-bond donors (Lipinski definition) is 2. The number of amides is 1. The van der Waals surface area contributed by atoms with Crippen LogP contribution < -0.4 is 5.32 Å². The Hall–Kier alpha value is -2.13. The molecule has 0 radical (unpaired) electrons. The van der Waals surface area contributed by atoms with Crippen molar-refractivity contribution in [2.24, 2.45) is 11.8 Å². The van der Waals surface area contributed by atoms with Gasteiger partial charge in [0.1, 0.15) is 0 Å². The third-order valence-corrected chi connectivity index (χ3v) is 10.5. The van der Waals surface area contributed by atoms with Crippen LogP contribution in [0.3, 0.4) is 0 Å². The third-order valence-electron chi connectivity index (χ3n) is 7.60. The van der Waals surface area contributed by atoms with Crippen LogP contribution >= 0.6 is 23.2 Å². The van der Waals surface area contributed by atoms with Gasteiger partial charge in [-0.25, -0.2) is 8.42 Å². The molecule has 5 unspecified atom stereocenters. The van der Waals surface area contributed by atoms with Crippen LogP contribution in [0.15, 0.2) is 48.5 Å². The molecule has 1 saturated carbocycles. The summed E-state index contributed by atoms with van der Waals surface area (Å²) in [5, 5.41) is 13.2. The summed E-state index contributed by atoms with van der Waals surface area (Å²) in [6.07, 6.45) is 1.90. The highest BCUT2D eigenvalue weighted by atomic mass is 35.5. The molecule has 2 aliphatic rings. The number of carbonyl (C=O) groups is 2. The normalized spacial score (nSPS) is 23.9. The Balaban J connectivity index is 1.66. The first-order valence-electron chi connectivity index (χ1n) is 12.5. The lowest BCUT2D eigenvalue weighted by Gasteiger charge is -2.41. The Labute approximate surface area is 228 Å². The molecule has 1 amide bonds. The van der Waals surface area contributed by atoms with E-state index >= 15 is 0 Å². The minimum atomic E-state index is -3.47. The van der Waals surface area contributed by atoms with Crippen LogP contribution in [-0.2, 0) is 19.6 Å². The van der Waals surface area contributed by atoms with E-state index in [2.05, 4.69) is 5.32 Å². The number of nitrogens with zero attached hydrogens (tertiary/aromatic N) is 1. The number of aliphatic carboxylic acids is 1. The lowest BCUT2D eigenvalue weighted by Crippen LogP contribution is -2.52. The first-order chi connectivity index (χ1) is 17.5. The maximum Gasteiger partial charge on any atom is 0.304 e. The second-order valence-corrected chi connectivity index (χ2v) is 13.4. The van der Waals surface area contributed by atoms with Crippen molar-refractivity contribution >= 4 is 45.1 Å². The molecule has 1 aliphatic heterocycles. The number of carboxylic acids is 1. The summed E-state index contributed by atoms with van der Waals surface area (Å²) < 4.78 is 27.9. The average Bonchev–Trinajstić information content (AvgIpc) is 3.70. The van der Waals surface area contributed by atoms with Crippen LogP contribution in [0.1, 0.15) is 62.1 Å². The number of carbonyl (C=O) groups excluding carboxylic acids is 1. The standard InChI is InChI=1S/C27H32Cl2N2O5S/c1-16(12-24(17-6-8-20(28)9-7-17)31(2)37(35,36)22-10-11-22)26-23(18-4-3-5-21(29)13-18)14-19(15-25(32)33)27(34)30-26/h3-9,13,16,19,22-24,26H,10-12,14-15H2,1-2H3,(H,30,34)(H,32,33). The predicted molar refractivity (Wildman–Crippen MR) is 144 cm³/mol. The molecule has 200 valence electrons. The fourth-order valence-electron chi connectivity index (χ4n) is 5.41. The van der Waals surface area contributed by atoms with Crippen molar-refractivity contribution in [2.75, 3.05) is 7.05 Å². The molecular formula is C27H32Cl2N2O5S. The molecule has 0 spiro atoms. The molecule has 37 heavy (non-hydrogen) atoms. The van der Waals surface area contributed by atoms with E-state index in [1.165, 1.54) is 4.31 Å². The largest absolute Gasteiger partial charge is 0.481 e. The van der Waals surface area contributed by atoms with Crippen molar-refractivity contribution in [3.63, 3.8) is 0 Å². The van der Waals surface area contributed by atoms with Gasteiger partial charge in [0, 0.05) is 41.0 Å². The molecule has 10 heteroatoms. The van der Waals surface area contributed by atoms with E-state index in [0.717, 1.165) is 11.1 Å². The van der Waals surface area contributed by atoms with E-state index in [4.69, 9.17) is 23.2 Å². The Kier molecular flexibility index (Phi) is 8.53. The molecule has 0 aromatic heterocycles. The zero-order valence-electron chi connectivity index (χ0n) is 20.8. The fourth-order valence-corrected chi connectivity index (χ4v) is 7.50. The summed E-state index contributed by atoms with van der Waals surface area (Å²) in [6, 6.07) is 13.8. The van der Waals surface area contributed by atoms with E-state index in [-0.39, 0.29) is 35.5 Å². The summed E-state index contributed by atoms with van der Waals surface area (Å²) >= 11 is 12.4. The maximum atomic E-state index is 13.2. The Morgan fingerprint density at radius 2 is 1.81 bits per heavy atom. The van der Waals surface area contributed by atoms with Gasteiger partial charge in [0.2, 0.25) is 15.9 Å². The van der Waals surface area contributed by atoms with Crippen molar-refractivity contribution < 1.29 is 23.1 Å². The van der Waals surface area contributed by atoms with E-state index in [1.54, 1.807) is 25.2 Å². The number of nitrogens with one attached hydrogen (secondary N) is 1. The SMILES string of the molecule is CC(CC(c1ccc(Cl)cc1)N(C)S(=O)(=O)C1CC1)C1NC(=O)C(CC(=O)O)CC1c1cccc(Cl)c1. The number of rotatable bonds is 10. The second-order valence-electron chi connectivity index (χ2n) is 10.3. The van der Waals surface area contributed by atoms with Crippen molar-refractivity contribution in [3.8, 4) is 0 Å². The van der Waals surface area contributed by atoms with E-state index < -0.39 is 28.0 Å². The number of hydrogen-bond acceptors (Lipinski definition) is 4. The molecule has 4 rings (SSSR count). The van der Waals surface area contributed by atoms with Crippen molar-refractivity contribution in [1.29, 1.82) is 0 Å². The minimum absolute atomic E-state index is 0.142. The van der Waals surface area contributed by atoms with E-state index in [1.807, 2.05) is 37.3 Å².